The maximum atomic E-state index is 13.0. The fraction of sp³-hybridized carbons (Fsp3) is 0.125. The lowest BCUT2D eigenvalue weighted by Gasteiger charge is -2.16. The number of allylic oxidation sites excluding steroid dienone is 1. The molecule has 2 rings (SSSR count). The molecule has 0 radical (unpaired) electrons. The summed E-state index contributed by atoms with van der Waals surface area (Å²) in [6, 6.07) is 4.10. The van der Waals surface area contributed by atoms with Crippen LogP contribution in [0.1, 0.15) is 16.8 Å². The molecule has 152 valence electrons. The summed E-state index contributed by atoms with van der Waals surface area (Å²) in [7, 11) is 0. The maximum Gasteiger partial charge on any atom is 0.446 e. The van der Waals surface area contributed by atoms with Crippen LogP contribution in [0.3, 0.4) is 0 Å². The first-order valence-corrected chi connectivity index (χ1v) is 8.99. The molecule has 0 amide bonds. The highest BCUT2D eigenvalue weighted by Gasteiger charge is 2.36. The summed E-state index contributed by atoms with van der Waals surface area (Å²) < 4.78 is 78.6. The minimum atomic E-state index is -4.83. The lowest BCUT2D eigenvalue weighted by atomic mass is 10.2. The molecule has 2 aromatic rings. The van der Waals surface area contributed by atoms with Gasteiger partial charge in [0.15, 0.2) is 0 Å². The van der Waals surface area contributed by atoms with Crippen LogP contribution >= 0.6 is 46.6 Å². The molecule has 1 aromatic carbocycles. The standard InChI is InChI=1S/C16H4Cl3F6N3S/c17-9-4-7(15(20,21)22)5-10(18)12(9)28-11(2-1-3-26)13(29-16(23,24)25)8(6-27)14(28)19/h1-2,4-5H. The van der Waals surface area contributed by atoms with Crippen molar-refractivity contribution in [1.82, 2.24) is 4.57 Å². The van der Waals surface area contributed by atoms with Gasteiger partial charge in [-0.3, -0.25) is 4.57 Å². The Morgan fingerprint density at radius 2 is 1.55 bits per heavy atom. The van der Waals surface area contributed by atoms with Crippen molar-refractivity contribution in [3.05, 3.63) is 50.2 Å². The minimum absolute atomic E-state index is 0.380. The first kappa shape index (κ1) is 23.3. The Morgan fingerprint density at radius 1 is 1.00 bits per heavy atom. The molecule has 0 atom stereocenters. The van der Waals surface area contributed by atoms with Gasteiger partial charge in [0, 0.05) is 6.08 Å². The second-order valence-corrected chi connectivity index (χ2v) is 7.37. The van der Waals surface area contributed by atoms with Gasteiger partial charge in [-0.2, -0.15) is 36.9 Å². The van der Waals surface area contributed by atoms with Crippen molar-refractivity contribution in [1.29, 1.82) is 10.5 Å². The molecule has 0 aliphatic carbocycles. The third-order valence-corrected chi connectivity index (χ3v) is 5.10. The second-order valence-electron chi connectivity index (χ2n) is 5.12. The molecule has 1 heterocycles. The van der Waals surface area contributed by atoms with Gasteiger partial charge in [0.1, 0.15) is 16.8 Å². The van der Waals surface area contributed by atoms with Gasteiger partial charge in [-0.25, -0.2) is 0 Å². The molecule has 0 N–H and O–H groups in total. The van der Waals surface area contributed by atoms with Crippen molar-refractivity contribution in [2.24, 2.45) is 0 Å². The van der Waals surface area contributed by atoms with Gasteiger partial charge in [-0.05, 0) is 30.0 Å². The lowest BCUT2D eigenvalue weighted by molar-refractivity contribution is -0.137. The summed E-state index contributed by atoms with van der Waals surface area (Å²) in [5, 5.41) is 16.3. The molecule has 0 saturated carbocycles. The fourth-order valence-electron chi connectivity index (χ4n) is 2.28. The highest BCUT2D eigenvalue weighted by Crippen LogP contribution is 2.47. The van der Waals surface area contributed by atoms with Gasteiger partial charge < -0.3 is 0 Å². The number of hydrogen-bond acceptors (Lipinski definition) is 3. The van der Waals surface area contributed by atoms with E-state index >= 15 is 0 Å². The molecule has 0 unspecified atom stereocenters. The van der Waals surface area contributed by atoms with E-state index in [0.717, 1.165) is 16.7 Å². The number of hydrogen-bond donors (Lipinski definition) is 0. The highest BCUT2D eigenvalue weighted by molar-refractivity contribution is 8.00. The van der Waals surface area contributed by atoms with Crippen molar-refractivity contribution in [3.8, 4) is 17.8 Å². The lowest BCUT2D eigenvalue weighted by Crippen LogP contribution is -2.07. The van der Waals surface area contributed by atoms with Crippen molar-refractivity contribution < 1.29 is 26.3 Å². The van der Waals surface area contributed by atoms with Crippen LogP contribution in [0.4, 0.5) is 26.3 Å². The van der Waals surface area contributed by atoms with Gasteiger partial charge >= 0.3 is 11.7 Å². The molecule has 0 saturated heterocycles. The van der Waals surface area contributed by atoms with E-state index in [-0.39, 0.29) is 5.69 Å². The SMILES string of the molecule is N#CC=Cc1c(SC(F)(F)F)c(C#N)c(Cl)n1-c1c(Cl)cc(C(F)(F)F)cc1Cl. The third-order valence-electron chi connectivity index (χ3n) is 3.32. The van der Waals surface area contributed by atoms with Crippen LogP contribution in [0, 0.1) is 22.7 Å². The molecule has 13 heteroatoms. The van der Waals surface area contributed by atoms with Gasteiger partial charge in [0.25, 0.3) is 0 Å². The topological polar surface area (TPSA) is 52.5 Å². The summed E-state index contributed by atoms with van der Waals surface area (Å²) in [6.45, 7) is 0. The summed E-state index contributed by atoms with van der Waals surface area (Å²) in [5.41, 5.74) is -7.42. The van der Waals surface area contributed by atoms with E-state index in [1.807, 2.05) is 0 Å². The molecule has 3 nitrogen and oxygen atoms in total. The summed E-state index contributed by atoms with van der Waals surface area (Å²) in [4.78, 5) is -0.663. The Morgan fingerprint density at radius 3 is 1.97 bits per heavy atom. The molecule has 29 heavy (non-hydrogen) atoms. The van der Waals surface area contributed by atoms with Crippen molar-refractivity contribution in [2.45, 2.75) is 16.6 Å². The first-order valence-electron chi connectivity index (χ1n) is 7.04. The van der Waals surface area contributed by atoms with E-state index in [2.05, 4.69) is 0 Å². The van der Waals surface area contributed by atoms with Gasteiger partial charge in [-0.15, -0.1) is 0 Å². The van der Waals surface area contributed by atoms with Crippen LogP contribution in [-0.4, -0.2) is 10.1 Å². The monoisotopic (exact) mass is 489 g/mol. The number of alkyl halides is 6. The second kappa shape index (κ2) is 8.41. The van der Waals surface area contributed by atoms with Gasteiger partial charge in [-0.1, -0.05) is 34.8 Å². The van der Waals surface area contributed by atoms with Gasteiger partial charge in [0.05, 0.1) is 38.0 Å². The number of halogens is 9. The van der Waals surface area contributed by atoms with E-state index in [9.17, 15) is 31.6 Å². The number of nitrogens with zero attached hydrogens (tertiary/aromatic N) is 3. The zero-order chi connectivity index (χ0) is 22.1. The van der Waals surface area contributed by atoms with E-state index < -0.39 is 60.4 Å². The van der Waals surface area contributed by atoms with Crippen molar-refractivity contribution in [2.75, 3.05) is 0 Å². The van der Waals surface area contributed by atoms with Crippen LogP contribution in [0.25, 0.3) is 11.8 Å². The molecule has 0 aliphatic heterocycles. The van der Waals surface area contributed by atoms with Gasteiger partial charge in [0.2, 0.25) is 0 Å². The molecular weight excluding hydrogens is 487 g/mol. The summed E-state index contributed by atoms with van der Waals surface area (Å²) in [6.07, 6.45) is -3.08. The number of aromatic nitrogens is 1. The molecule has 0 spiro atoms. The Hall–Kier alpha value is -1.98. The Labute approximate surface area is 178 Å². The zero-order valence-corrected chi connectivity index (χ0v) is 16.5. The van der Waals surface area contributed by atoms with Crippen LogP contribution < -0.4 is 0 Å². The molecule has 0 aliphatic rings. The number of thioether (sulfide) groups is 1. The Balaban J connectivity index is 2.92. The smallest absolute Gasteiger partial charge is 0.295 e. The average molecular weight is 491 g/mol. The largest absolute Gasteiger partial charge is 0.446 e. The molecule has 1 aromatic heterocycles. The maximum absolute atomic E-state index is 13.0. The fourth-order valence-corrected chi connectivity index (χ4v) is 4.05. The predicted octanol–water partition coefficient (Wildman–Crippen LogP) is 7.48. The van der Waals surface area contributed by atoms with E-state index in [0.29, 0.717) is 12.1 Å². The van der Waals surface area contributed by atoms with Crippen LogP contribution in [0.5, 0.6) is 0 Å². The Kier molecular flexibility index (Phi) is 6.75. The highest BCUT2D eigenvalue weighted by atomic mass is 35.5. The predicted molar refractivity (Wildman–Crippen MR) is 97.1 cm³/mol. The zero-order valence-electron chi connectivity index (χ0n) is 13.5. The third kappa shape index (κ3) is 4.96. The summed E-state index contributed by atoms with van der Waals surface area (Å²) >= 11 is 17.2. The van der Waals surface area contributed by atoms with Crippen molar-refractivity contribution >= 4 is 52.6 Å². The minimum Gasteiger partial charge on any atom is -0.295 e. The summed E-state index contributed by atoms with van der Waals surface area (Å²) in [5.74, 6) is 0. The quantitative estimate of drug-likeness (QED) is 0.255. The molecule has 0 fully saturated rings. The number of nitriles is 2. The van der Waals surface area contributed by atoms with Crippen LogP contribution in [0.15, 0.2) is 23.1 Å². The van der Waals surface area contributed by atoms with Crippen LogP contribution in [0.2, 0.25) is 15.2 Å². The number of benzene rings is 1. The molecule has 0 bridgehead atoms. The van der Waals surface area contributed by atoms with Crippen molar-refractivity contribution in [3.63, 3.8) is 0 Å². The average Bonchev–Trinajstić information content (AvgIpc) is 2.81. The first-order chi connectivity index (χ1) is 13.3. The van der Waals surface area contributed by atoms with E-state index in [4.69, 9.17) is 40.1 Å². The normalized spacial score (nSPS) is 12.2. The van der Waals surface area contributed by atoms with Crippen LogP contribution in [-0.2, 0) is 6.18 Å². The van der Waals surface area contributed by atoms with E-state index in [1.54, 1.807) is 6.07 Å². The molecular formula is C16H4Cl3F6N3S. The number of rotatable bonds is 3. The van der Waals surface area contributed by atoms with E-state index in [1.165, 1.54) is 6.07 Å². The Bertz CT molecular complexity index is 1050.